The van der Waals surface area contributed by atoms with Crippen LogP contribution in [-0.2, 0) is 13.6 Å². The van der Waals surface area contributed by atoms with Crippen molar-refractivity contribution in [3.05, 3.63) is 18.0 Å². The third kappa shape index (κ3) is 3.12. The Morgan fingerprint density at radius 1 is 1.69 bits per heavy atom. The zero-order valence-electron chi connectivity index (χ0n) is 8.37. The van der Waals surface area contributed by atoms with Gasteiger partial charge in [0.25, 0.3) is 0 Å². The van der Waals surface area contributed by atoms with Gasteiger partial charge in [-0.25, -0.2) is 0 Å². The highest BCUT2D eigenvalue weighted by atomic mass is 79.9. The van der Waals surface area contributed by atoms with Gasteiger partial charge >= 0.3 is 0 Å². The molecule has 0 saturated heterocycles. The lowest BCUT2D eigenvalue weighted by Crippen LogP contribution is -2.29. The summed E-state index contributed by atoms with van der Waals surface area (Å²) < 4.78 is 1.84. The number of alkyl halides is 1. The lowest BCUT2D eigenvalue weighted by atomic mass is 10.3. The third-order valence-corrected chi connectivity index (χ3v) is 3.09. The van der Waals surface area contributed by atoms with Crippen molar-refractivity contribution in [2.45, 2.75) is 19.5 Å². The van der Waals surface area contributed by atoms with Crippen LogP contribution in [0, 0.1) is 0 Å². The molecule has 0 aliphatic rings. The molecule has 0 spiro atoms. The highest BCUT2D eigenvalue weighted by Crippen LogP contribution is 2.05. The second-order valence-corrected chi connectivity index (χ2v) is 4.05. The molecule has 0 fully saturated rings. The average molecular weight is 246 g/mol. The second-order valence-electron chi connectivity index (χ2n) is 3.40. The van der Waals surface area contributed by atoms with Gasteiger partial charge in [-0.3, -0.25) is 9.58 Å². The van der Waals surface area contributed by atoms with Crippen LogP contribution in [0.15, 0.2) is 12.3 Å². The van der Waals surface area contributed by atoms with Gasteiger partial charge < -0.3 is 0 Å². The van der Waals surface area contributed by atoms with E-state index in [4.69, 9.17) is 0 Å². The molecule has 0 amide bonds. The molecule has 1 heterocycles. The number of hydrogen-bond donors (Lipinski definition) is 0. The van der Waals surface area contributed by atoms with E-state index in [1.54, 1.807) is 0 Å². The summed E-state index contributed by atoms with van der Waals surface area (Å²) in [4.78, 5) is 2.27. The Bertz CT molecular complexity index is 259. The van der Waals surface area contributed by atoms with Crippen molar-refractivity contribution in [1.29, 1.82) is 0 Å². The van der Waals surface area contributed by atoms with Crippen molar-refractivity contribution < 1.29 is 0 Å². The Labute approximate surface area is 87.9 Å². The second kappa shape index (κ2) is 4.77. The van der Waals surface area contributed by atoms with Gasteiger partial charge in [0.05, 0.1) is 5.69 Å². The van der Waals surface area contributed by atoms with Gasteiger partial charge in [0.2, 0.25) is 0 Å². The maximum Gasteiger partial charge on any atom is 0.0764 e. The molecular weight excluding hydrogens is 230 g/mol. The SMILES string of the molecule is CC(CBr)N(C)Cc1ccn(C)n1. The average Bonchev–Trinajstić information content (AvgIpc) is 2.49. The fourth-order valence-electron chi connectivity index (χ4n) is 1.08. The molecule has 3 nitrogen and oxygen atoms in total. The fraction of sp³-hybridized carbons (Fsp3) is 0.667. The fourth-order valence-corrected chi connectivity index (χ4v) is 1.57. The minimum Gasteiger partial charge on any atom is -0.297 e. The van der Waals surface area contributed by atoms with Crippen LogP contribution in [0.3, 0.4) is 0 Å². The van der Waals surface area contributed by atoms with Crippen molar-refractivity contribution in [1.82, 2.24) is 14.7 Å². The van der Waals surface area contributed by atoms with Gasteiger partial charge in [0.1, 0.15) is 0 Å². The number of aryl methyl sites for hydroxylation is 1. The van der Waals surface area contributed by atoms with Crippen molar-refractivity contribution in [3.63, 3.8) is 0 Å². The first-order valence-corrected chi connectivity index (χ1v) is 5.50. The summed E-state index contributed by atoms with van der Waals surface area (Å²) in [5, 5.41) is 5.32. The summed E-state index contributed by atoms with van der Waals surface area (Å²) in [5.41, 5.74) is 1.12. The molecule has 1 aromatic rings. The molecule has 1 aromatic heterocycles. The Kier molecular flexibility index (Phi) is 3.93. The molecule has 1 unspecified atom stereocenters. The molecule has 1 rings (SSSR count). The maximum atomic E-state index is 4.33. The van der Waals surface area contributed by atoms with E-state index in [0.717, 1.165) is 17.6 Å². The lowest BCUT2D eigenvalue weighted by molar-refractivity contribution is 0.267. The van der Waals surface area contributed by atoms with Crippen molar-refractivity contribution in [3.8, 4) is 0 Å². The van der Waals surface area contributed by atoms with E-state index >= 15 is 0 Å². The summed E-state index contributed by atoms with van der Waals surface area (Å²) in [6.45, 7) is 3.10. The molecular formula is C9H16BrN3. The Hall–Kier alpha value is -0.350. The molecule has 4 heteroatoms. The van der Waals surface area contributed by atoms with E-state index in [9.17, 15) is 0 Å². The van der Waals surface area contributed by atoms with E-state index in [2.05, 4.69) is 46.0 Å². The molecule has 0 N–H and O–H groups in total. The molecule has 0 aliphatic carbocycles. The summed E-state index contributed by atoms with van der Waals surface area (Å²) >= 11 is 3.47. The van der Waals surface area contributed by atoms with E-state index < -0.39 is 0 Å². The van der Waals surface area contributed by atoms with Crippen molar-refractivity contribution >= 4 is 15.9 Å². The van der Waals surface area contributed by atoms with Crippen LogP contribution in [0.25, 0.3) is 0 Å². The van der Waals surface area contributed by atoms with E-state index in [1.165, 1.54) is 0 Å². The Morgan fingerprint density at radius 2 is 2.38 bits per heavy atom. The molecule has 13 heavy (non-hydrogen) atoms. The summed E-state index contributed by atoms with van der Waals surface area (Å²) in [6, 6.07) is 2.60. The zero-order chi connectivity index (χ0) is 9.84. The quantitative estimate of drug-likeness (QED) is 0.753. The summed E-state index contributed by atoms with van der Waals surface area (Å²) in [6.07, 6.45) is 1.97. The molecule has 0 radical (unpaired) electrons. The van der Waals surface area contributed by atoms with Crippen molar-refractivity contribution in [2.75, 3.05) is 12.4 Å². The standard InChI is InChI=1S/C9H16BrN3/c1-8(6-10)12(2)7-9-4-5-13(3)11-9/h4-5,8H,6-7H2,1-3H3. The summed E-state index contributed by atoms with van der Waals surface area (Å²) in [7, 11) is 4.05. The van der Waals surface area contributed by atoms with Crippen LogP contribution in [0.4, 0.5) is 0 Å². The van der Waals surface area contributed by atoms with Crippen LogP contribution in [0.5, 0.6) is 0 Å². The van der Waals surface area contributed by atoms with E-state index in [1.807, 2.05) is 17.9 Å². The largest absolute Gasteiger partial charge is 0.297 e. The smallest absolute Gasteiger partial charge is 0.0764 e. The molecule has 1 atom stereocenters. The van der Waals surface area contributed by atoms with Gasteiger partial charge in [-0.1, -0.05) is 15.9 Å². The van der Waals surface area contributed by atoms with Gasteiger partial charge in [0, 0.05) is 31.2 Å². The molecule has 0 aromatic carbocycles. The van der Waals surface area contributed by atoms with Crippen LogP contribution in [0.2, 0.25) is 0 Å². The minimum atomic E-state index is 0.544. The van der Waals surface area contributed by atoms with Crippen LogP contribution >= 0.6 is 15.9 Å². The normalized spacial score (nSPS) is 13.6. The van der Waals surface area contributed by atoms with E-state index in [-0.39, 0.29) is 0 Å². The first-order chi connectivity index (χ1) is 6.13. The van der Waals surface area contributed by atoms with Gasteiger partial charge in [-0.2, -0.15) is 5.10 Å². The molecule has 0 aliphatic heterocycles. The lowest BCUT2D eigenvalue weighted by Gasteiger charge is -2.21. The minimum absolute atomic E-state index is 0.544. The number of aromatic nitrogens is 2. The first kappa shape index (κ1) is 10.7. The molecule has 0 bridgehead atoms. The number of rotatable bonds is 4. The summed E-state index contributed by atoms with van der Waals surface area (Å²) in [5.74, 6) is 0. The third-order valence-electron chi connectivity index (χ3n) is 2.16. The van der Waals surface area contributed by atoms with Crippen molar-refractivity contribution in [2.24, 2.45) is 7.05 Å². The van der Waals surface area contributed by atoms with Crippen LogP contribution in [0.1, 0.15) is 12.6 Å². The number of hydrogen-bond acceptors (Lipinski definition) is 2. The Morgan fingerprint density at radius 3 is 2.85 bits per heavy atom. The molecule has 74 valence electrons. The highest BCUT2D eigenvalue weighted by molar-refractivity contribution is 9.09. The van der Waals surface area contributed by atoms with Crippen LogP contribution < -0.4 is 0 Å². The van der Waals surface area contributed by atoms with E-state index in [0.29, 0.717) is 6.04 Å². The Balaban J connectivity index is 2.49. The first-order valence-electron chi connectivity index (χ1n) is 4.38. The van der Waals surface area contributed by atoms with Gasteiger partial charge in [-0.05, 0) is 20.0 Å². The van der Waals surface area contributed by atoms with Crippen LogP contribution in [-0.4, -0.2) is 33.1 Å². The van der Waals surface area contributed by atoms with Gasteiger partial charge in [0.15, 0.2) is 0 Å². The zero-order valence-corrected chi connectivity index (χ0v) is 9.95. The topological polar surface area (TPSA) is 21.1 Å². The highest BCUT2D eigenvalue weighted by Gasteiger charge is 2.08. The maximum absolute atomic E-state index is 4.33. The number of halogens is 1. The predicted octanol–water partition coefficient (Wildman–Crippen LogP) is 1.64. The monoisotopic (exact) mass is 245 g/mol. The predicted molar refractivity (Wildman–Crippen MR) is 57.9 cm³/mol. The molecule has 0 saturated carbocycles. The number of nitrogens with zero attached hydrogens (tertiary/aromatic N) is 3. The van der Waals surface area contributed by atoms with Gasteiger partial charge in [-0.15, -0.1) is 0 Å².